The van der Waals surface area contributed by atoms with Gasteiger partial charge in [0.1, 0.15) is 0 Å². The van der Waals surface area contributed by atoms with E-state index in [1.807, 2.05) is 0 Å². The fraction of sp³-hybridized carbons (Fsp3) is 1.00. The molecule has 0 aromatic heterocycles. The average Bonchev–Trinajstić information content (AvgIpc) is 2.04. The minimum atomic E-state index is 0.509. The van der Waals surface area contributed by atoms with Crippen LogP contribution in [0.15, 0.2) is 0 Å². The van der Waals surface area contributed by atoms with Crippen LogP contribution in [0, 0.1) is 11.3 Å². The molecule has 0 aromatic rings. The lowest BCUT2D eigenvalue weighted by Crippen LogP contribution is -2.25. The standard InChI is InChI=1S/C11H23Br/c1-5-6-7-8-11(4,9-12)10(2)3/h10H,5-9H2,1-4H3. The highest BCUT2D eigenvalue weighted by atomic mass is 79.9. The Kier molecular flexibility index (Phi) is 6.25. The van der Waals surface area contributed by atoms with Crippen molar-refractivity contribution in [3.05, 3.63) is 0 Å². The van der Waals surface area contributed by atoms with Crippen molar-refractivity contribution in [3.63, 3.8) is 0 Å². The third-order valence-corrected chi connectivity index (χ3v) is 4.33. The third-order valence-electron chi connectivity index (χ3n) is 3.05. The number of halogens is 1. The molecule has 0 bridgehead atoms. The molecule has 0 aliphatic heterocycles. The fourth-order valence-corrected chi connectivity index (χ4v) is 2.22. The van der Waals surface area contributed by atoms with E-state index in [4.69, 9.17) is 0 Å². The first-order valence-electron chi connectivity index (χ1n) is 5.12. The summed E-state index contributed by atoms with van der Waals surface area (Å²) in [6, 6.07) is 0. The Hall–Kier alpha value is 0.480. The van der Waals surface area contributed by atoms with Crippen LogP contribution in [0.4, 0.5) is 0 Å². The van der Waals surface area contributed by atoms with Crippen LogP contribution in [0.5, 0.6) is 0 Å². The summed E-state index contributed by atoms with van der Waals surface area (Å²) in [4.78, 5) is 0. The summed E-state index contributed by atoms with van der Waals surface area (Å²) in [7, 11) is 0. The number of hydrogen-bond acceptors (Lipinski definition) is 0. The smallest absolute Gasteiger partial charge is 0.00877 e. The van der Waals surface area contributed by atoms with E-state index >= 15 is 0 Å². The monoisotopic (exact) mass is 234 g/mol. The maximum absolute atomic E-state index is 3.62. The SMILES string of the molecule is CCCCCC(C)(CBr)C(C)C. The zero-order valence-electron chi connectivity index (χ0n) is 8.99. The Labute approximate surface area is 86.3 Å². The quantitative estimate of drug-likeness (QED) is 0.465. The van der Waals surface area contributed by atoms with Crippen LogP contribution in [0.25, 0.3) is 0 Å². The molecule has 12 heavy (non-hydrogen) atoms. The topological polar surface area (TPSA) is 0 Å². The van der Waals surface area contributed by atoms with Gasteiger partial charge in [-0.2, -0.15) is 0 Å². The minimum absolute atomic E-state index is 0.509. The molecule has 0 aromatic carbocycles. The summed E-state index contributed by atoms with van der Waals surface area (Å²) >= 11 is 3.62. The number of unbranched alkanes of at least 4 members (excludes halogenated alkanes) is 2. The van der Waals surface area contributed by atoms with Crippen LogP contribution in [-0.2, 0) is 0 Å². The maximum atomic E-state index is 3.62. The lowest BCUT2D eigenvalue weighted by molar-refractivity contribution is 0.230. The fourth-order valence-electron chi connectivity index (χ4n) is 1.29. The molecule has 1 heteroatoms. The van der Waals surface area contributed by atoms with Crippen molar-refractivity contribution in [2.75, 3.05) is 5.33 Å². The normalized spacial score (nSPS) is 16.5. The Morgan fingerprint density at radius 2 is 1.83 bits per heavy atom. The molecule has 1 atom stereocenters. The Morgan fingerprint density at radius 1 is 1.25 bits per heavy atom. The summed E-state index contributed by atoms with van der Waals surface area (Å²) in [6.07, 6.45) is 5.46. The molecular formula is C11H23Br. The van der Waals surface area contributed by atoms with E-state index in [9.17, 15) is 0 Å². The predicted octanol–water partition coefficient (Wildman–Crippen LogP) is 4.62. The van der Waals surface area contributed by atoms with Gasteiger partial charge in [-0.05, 0) is 17.8 Å². The average molecular weight is 235 g/mol. The van der Waals surface area contributed by atoms with Crippen LogP contribution >= 0.6 is 15.9 Å². The Bertz CT molecular complexity index is 110. The van der Waals surface area contributed by atoms with Crippen molar-refractivity contribution in [2.45, 2.75) is 53.4 Å². The van der Waals surface area contributed by atoms with Crippen LogP contribution in [-0.4, -0.2) is 5.33 Å². The van der Waals surface area contributed by atoms with Gasteiger partial charge in [0.05, 0.1) is 0 Å². The molecule has 1 unspecified atom stereocenters. The zero-order chi connectivity index (χ0) is 9.61. The van der Waals surface area contributed by atoms with Gasteiger partial charge in [-0.1, -0.05) is 62.9 Å². The third kappa shape index (κ3) is 3.93. The summed E-state index contributed by atoms with van der Waals surface area (Å²) in [5.74, 6) is 0.786. The van der Waals surface area contributed by atoms with Crippen LogP contribution in [0.1, 0.15) is 53.4 Å². The summed E-state index contributed by atoms with van der Waals surface area (Å²) in [5, 5.41) is 1.14. The number of hydrogen-bond donors (Lipinski definition) is 0. The highest BCUT2D eigenvalue weighted by Crippen LogP contribution is 2.34. The van der Waals surface area contributed by atoms with Crippen molar-refractivity contribution in [1.29, 1.82) is 0 Å². The second-order valence-corrected chi connectivity index (χ2v) is 4.96. The Balaban J connectivity index is 3.80. The van der Waals surface area contributed by atoms with E-state index < -0.39 is 0 Å². The molecule has 0 saturated carbocycles. The number of rotatable bonds is 6. The largest absolute Gasteiger partial charge is 0.0922 e. The van der Waals surface area contributed by atoms with Gasteiger partial charge in [-0.25, -0.2) is 0 Å². The van der Waals surface area contributed by atoms with Crippen molar-refractivity contribution in [1.82, 2.24) is 0 Å². The molecule has 0 aliphatic carbocycles. The summed E-state index contributed by atoms with van der Waals surface area (Å²) in [5.41, 5.74) is 0.509. The van der Waals surface area contributed by atoms with Gasteiger partial charge in [0.15, 0.2) is 0 Å². The second-order valence-electron chi connectivity index (χ2n) is 4.40. The first-order chi connectivity index (χ1) is 5.56. The molecule has 0 nitrogen and oxygen atoms in total. The van der Waals surface area contributed by atoms with Crippen molar-refractivity contribution in [3.8, 4) is 0 Å². The summed E-state index contributed by atoms with van der Waals surface area (Å²) < 4.78 is 0. The zero-order valence-corrected chi connectivity index (χ0v) is 10.6. The number of alkyl halides is 1. The molecule has 0 N–H and O–H groups in total. The molecule has 0 rings (SSSR count). The molecule has 0 amide bonds. The van der Waals surface area contributed by atoms with Crippen molar-refractivity contribution < 1.29 is 0 Å². The second kappa shape index (κ2) is 6.01. The molecule has 0 fully saturated rings. The lowest BCUT2D eigenvalue weighted by Gasteiger charge is -2.31. The van der Waals surface area contributed by atoms with Gasteiger partial charge in [-0.3, -0.25) is 0 Å². The molecule has 0 radical (unpaired) electrons. The first-order valence-corrected chi connectivity index (χ1v) is 6.25. The van der Waals surface area contributed by atoms with E-state index in [1.165, 1.54) is 25.7 Å². The van der Waals surface area contributed by atoms with Crippen LogP contribution in [0.2, 0.25) is 0 Å². The molecule has 0 spiro atoms. The minimum Gasteiger partial charge on any atom is -0.0922 e. The van der Waals surface area contributed by atoms with Crippen LogP contribution < -0.4 is 0 Å². The lowest BCUT2D eigenvalue weighted by atomic mass is 9.77. The van der Waals surface area contributed by atoms with Gasteiger partial charge in [-0.15, -0.1) is 0 Å². The highest BCUT2D eigenvalue weighted by Gasteiger charge is 2.25. The van der Waals surface area contributed by atoms with Crippen LogP contribution in [0.3, 0.4) is 0 Å². The maximum Gasteiger partial charge on any atom is 0.00877 e. The van der Waals surface area contributed by atoms with E-state index in [0.717, 1.165) is 11.2 Å². The van der Waals surface area contributed by atoms with E-state index in [-0.39, 0.29) is 0 Å². The molecule has 0 aliphatic rings. The highest BCUT2D eigenvalue weighted by molar-refractivity contribution is 9.09. The molecule has 0 saturated heterocycles. The van der Waals surface area contributed by atoms with Gasteiger partial charge < -0.3 is 0 Å². The van der Waals surface area contributed by atoms with E-state index in [0.29, 0.717) is 5.41 Å². The van der Waals surface area contributed by atoms with Gasteiger partial charge >= 0.3 is 0 Å². The van der Waals surface area contributed by atoms with Crippen molar-refractivity contribution in [2.24, 2.45) is 11.3 Å². The van der Waals surface area contributed by atoms with Gasteiger partial charge in [0, 0.05) is 5.33 Å². The van der Waals surface area contributed by atoms with E-state index in [2.05, 4.69) is 43.6 Å². The molecule has 74 valence electrons. The van der Waals surface area contributed by atoms with E-state index in [1.54, 1.807) is 0 Å². The first kappa shape index (κ1) is 12.5. The molecular weight excluding hydrogens is 212 g/mol. The van der Waals surface area contributed by atoms with Gasteiger partial charge in [0.25, 0.3) is 0 Å². The van der Waals surface area contributed by atoms with Crippen molar-refractivity contribution >= 4 is 15.9 Å². The summed E-state index contributed by atoms with van der Waals surface area (Å²) in [6.45, 7) is 9.31. The molecule has 0 heterocycles. The predicted molar refractivity (Wildman–Crippen MR) is 60.9 cm³/mol. The Morgan fingerprint density at radius 3 is 2.17 bits per heavy atom. The van der Waals surface area contributed by atoms with Gasteiger partial charge in [0.2, 0.25) is 0 Å².